The molecule has 0 fully saturated rings. The first-order chi connectivity index (χ1) is 13.5. The molecule has 0 saturated carbocycles. The van der Waals surface area contributed by atoms with E-state index in [0.29, 0.717) is 34.0 Å². The van der Waals surface area contributed by atoms with Crippen LogP contribution in [0.2, 0.25) is 10.0 Å². The van der Waals surface area contributed by atoms with E-state index in [0.717, 1.165) is 23.3 Å². The standard InChI is InChI=1S/C21H16Cl2FNO3/c22-16-7-5-12(9-17(16)23)11-28-13-6-8-19(18(24)10-13)25-20(26)14-3-1-2-4-15(14)21(25)27/h5-10H,1-4,11H2. The lowest BCUT2D eigenvalue weighted by Gasteiger charge is -2.17. The fourth-order valence-electron chi connectivity index (χ4n) is 3.51. The maximum absolute atomic E-state index is 14.7. The van der Waals surface area contributed by atoms with Crippen molar-refractivity contribution >= 4 is 40.7 Å². The number of rotatable bonds is 4. The van der Waals surface area contributed by atoms with Crippen molar-refractivity contribution in [3.8, 4) is 5.75 Å². The number of hydrogen-bond acceptors (Lipinski definition) is 3. The van der Waals surface area contributed by atoms with Gasteiger partial charge in [0.25, 0.3) is 11.8 Å². The quantitative estimate of drug-likeness (QED) is 0.618. The lowest BCUT2D eigenvalue weighted by molar-refractivity contribution is -0.120. The van der Waals surface area contributed by atoms with Crippen molar-refractivity contribution in [3.63, 3.8) is 0 Å². The van der Waals surface area contributed by atoms with Gasteiger partial charge in [0, 0.05) is 17.2 Å². The average Bonchev–Trinajstić information content (AvgIpc) is 2.94. The van der Waals surface area contributed by atoms with E-state index >= 15 is 0 Å². The molecule has 0 unspecified atom stereocenters. The van der Waals surface area contributed by atoms with Crippen LogP contribution in [0.1, 0.15) is 31.2 Å². The summed E-state index contributed by atoms with van der Waals surface area (Å²) >= 11 is 11.9. The van der Waals surface area contributed by atoms with E-state index < -0.39 is 17.6 Å². The summed E-state index contributed by atoms with van der Waals surface area (Å²) in [5, 5.41) is 0.851. The van der Waals surface area contributed by atoms with E-state index in [4.69, 9.17) is 27.9 Å². The number of hydrogen-bond donors (Lipinski definition) is 0. The van der Waals surface area contributed by atoms with Crippen molar-refractivity contribution in [2.75, 3.05) is 4.90 Å². The van der Waals surface area contributed by atoms with Crippen LogP contribution in [0, 0.1) is 5.82 Å². The van der Waals surface area contributed by atoms with Crippen LogP contribution in [0.25, 0.3) is 0 Å². The second-order valence-corrected chi connectivity index (χ2v) is 7.57. The van der Waals surface area contributed by atoms with E-state index in [1.165, 1.54) is 18.2 Å². The van der Waals surface area contributed by atoms with Gasteiger partial charge in [0.05, 0.1) is 15.7 Å². The minimum absolute atomic E-state index is 0.0497. The molecule has 1 heterocycles. The molecule has 7 heteroatoms. The number of carbonyl (C=O) groups excluding carboxylic acids is 2. The highest BCUT2D eigenvalue weighted by Gasteiger charge is 2.40. The molecule has 28 heavy (non-hydrogen) atoms. The SMILES string of the molecule is O=C1C2=C(CCCC2)C(=O)N1c1ccc(OCc2ccc(Cl)c(Cl)c2)cc1F. The van der Waals surface area contributed by atoms with Gasteiger partial charge in [0.2, 0.25) is 0 Å². The summed E-state index contributed by atoms with van der Waals surface area (Å²) in [6.45, 7) is 0.174. The van der Waals surface area contributed by atoms with Crippen LogP contribution in [0.4, 0.5) is 10.1 Å². The highest BCUT2D eigenvalue weighted by Crippen LogP contribution is 2.37. The Morgan fingerprint density at radius 1 is 0.929 bits per heavy atom. The summed E-state index contributed by atoms with van der Waals surface area (Å²) in [6, 6.07) is 9.20. The summed E-state index contributed by atoms with van der Waals surface area (Å²) in [4.78, 5) is 26.1. The van der Waals surface area contributed by atoms with Crippen LogP contribution in [-0.2, 0) is 16.2 Å². The van der Waals surface area contributed by atoms with Gasteiger partial charge in [-0.15, -0.1) is 0 Å². The molecule has 2 aliphatic rings. The molecule has 4 nitrogen and oxygen atoms in total. The predicted octanol–water partition coefficient (Wildman–Crippen LogP) is 5.46. The molecule has 144 valence electrons. The Kier molecular flexibility index (Phi) is 5.13. The normalized spacial score (nSPS) is 16.6. The molecular formula is C21H16Cl2FNO3. The summed E-state index contributed by atoms with van der Waals surface area (Å²) in [5.74, 6) is -1.23. The molecule has 0 N–H and O–H groups in total. The smallest absolute Gasteiger partial charge is 0.261 e. The molecule has 4 rings (SSSR count). The van der Waals surface area contributed by atoms with E-state index in [1.807, 2.05) is 0 Å². The Hall–Kier alpha value is -2.37. The molecule has 0 saturated heterocycles. The molecule has 0 radical (unpaired) electrons. The van der Waals surface area contributed by atoms with Crippen LogP contribution < -0.4 is 9.64 Å². The number of amides is 2. The zero-order valence-corrected chi connectivity index (χ0v) is 16.3. The molecular weight excluding hydrogens is 404 g/mol. The Morgan fingerprint density at radius 3 is 2.21 bits per heavy atom. The van der Waals surface area contributed by atoms with Crippen molar-refractivity contribution in [2.45, 2.75) is 32.3 Å². The van der Waals surface area contributed by atoms with Crippen LogP contribution in [0.3, 0.4) is 0 Å². The molecule has 2 amide bonds. The predicted molar refractivity (Wildman–Crippen MR) is 105 cm³/mol. The molecule has 0 spiro atoms. The minimum Gasteiger partial charge on any atom is -0.489 e. The minimum atomic E-state index is -0.687. The number of imide groups is 1. The van der Waals surface area contributed by atoms with Gasteiger partial charge < -0.3 is 4.74 Å². The second kappa shape index (κ2) is 7.57. The van der Waals surface area contributed by atoms with Crippen LogP contribution in [-0.4, -0.2) is 11.8 Å². The highest BCUT2D eigenvalue weighted by molar-refractivity contribution is 6.42. The van der Waals surface area contributed by atoms with Crippen molar-refractivity contribution in [1.29, 1.82) is 0 Å². The zero-order valence-electron chi connectivity index (χ0n) is 14.8. The number of carbonyl (C=O) groups is 2. The number of nitrogens with zero attached hydrogens (tertiary/aromatic N) is 1. The topological polar surface area (TPSA) is 46.6 Å². The molecule has 0 atom stereocenters. The third-order valence-corrected chi connectivity index (χ3v) is 5.68. The average molecular weight is 420 g/mol. The van der Waals surface area contributed by atoms with Gasteiger partial charge in [-0.2, -0.15) is 0 Å². The fraction of sp³-hybridized carbons (Fsp3) is 0.238. The molecule has 0 aromatic heterocycles. The fourth-order valence-corrected chi connectivity index (χ4v) is 3.83. The number of ether oxygens (including phenoxy) is 1. The van der Waals surface area contributed by atoms with Crippen molar-refractivity contribution < 1.29 is 18.7 Å². The molecule has 2 aromatic carbocycles. The van der Waals surface area contributed by atoms with Crippen molar-refractivity contribution in [1.82, 2.24) is 0 Å². The van der Waals surface area contributed by atoms with E-state index in [1.54, 1.807) is 18.2 Å². The monoisotopic (exact) mass is 419 g/mol. The first-order valence-corrected chi connectivity index (χ1v) is 9.68. The Labute approximate surface area is 171 Å². The van der Waals surface area contributed by atoms with Gasteiger partial charge in [-0.1, -0.05) is 29.3 Å². The first kappa shape index (κ1) is 19.0. The van der Waals surface area contributed by atoms with E-state index in [2.05, 4.69) is 0 Å². The molecule has 1 aliphatic heterocycles. The summed E-state index contributed by atoms with van der Waals surface area (Å²) in [6.07, 6.45) is 2.89. The third-order valence-electron chi connectivity index (χ3n) is 4.94. The van der Waals surface area contributed by atoms with Crippen LogP contribution in [0.15, 0.2) is 47.5 Å². The van der Waals surface area contributed by atoms with E-state index in [9.17, 15) is 14.0 Å². The van der Waals surface area contributed by atoms with Gasteiger partial charge in [0.15, 0.2) is 5.82 Å². The Balaban J connectivity index is 1.51. The largest absolute Gasteiger partial charge is 0.489 e. The van der Waals surface area contributed by atoms with Gasteiger partial charge in [-0.25, -0.2) is 9.29 Å². The number of halogens is 3. The van der Waals surface area contributed by atoms with Gasteiger partial charge in [-0.05, 0) is 55.5 Å². The summed E-state index contributed by atoms with van der Waals surface area (Å²) < 4.78 is 20.3. The maximum Gasteiger partial charge on any atom is 0.261 e. The Morgan fingerprint density at radius 2 is 1.61 bits per heavy atom. The second-order valence-electron chi connectivity index (χ2n) is 6.76. The molecule has 1 aliphatic carbocycles. The van der Waals surface area contributed by atoms with Gasteiger partial charge in [0.1, 0.15) is 12.4 Å². The molecule has 0 bridgehead atoms. The lowest BCUT2D eigenvalue weighted by Crippen LogP contribution is -2.32. The summed E-state index contributed by atoms with van der Waals surface area (Å²) in [5.41, 5.74) is 1.78. The van der Waals surface area contributed by atoms with Crippen molar-refractivity contribution in [2.24, 2.45) is 0 Å². The maximum atomic E-state index is 14.7. The Bertz CT molecular complexity index is 991. The third kappa shape index (κ3) is 3.40. The summed E-state index contributed by atoms with van der Waals surface area (Å²) in [7, 11) is 0. The highest BCUT2D eigenvalue weighted by atomic mass is 35.5. The van der Waals surface area contributed by atoms with Crippen molar-refractivity contribution in [3.05, 3.63) is 69.0 Å². The van der Waals surface area contributed by atoms with Gasteiger partial charge >= 0.3 is 0 Å². The lowest BCUT2D eigenvalue weighted by atomic mass is 9.93. The van der Waals surface area contributed by atoms with Gasteiger partial charge in [-0.3, -0.25) is 9.59 Å². The zero-order chi connectivity index (χ0) is 19.8. The van der Waals surface area contributed by atoms with Crippen LogP contribution >= 0.6 is 23.2 Å². The first-order valence-electron chi connectivity index (χ1n) is 8.93. The number of benzene rings is 2. The van der Waals surface area contributed by atoms with Crippen LogP contribution in [0.5, 0.6) is 5.75 Å². The number of anilines is 1. The molecule has 2 aromatic rings. The van der Waals surface area contributed by atoms with E-state index in [-0.39, 0.29) is 18.0 Å².